The maximum atomic E-state index is 11.8. The second-order valence-electron chi connectivity index (χ2n) is 8.53. The van der Waals surface area contributed by atoms with Crippen molar-refractivity contribution in [2.75, 3.05) is 24.5 Å². The minimum atomic E-state index is -1.06. The van der Waals surface area contributed by atoms with Gasteiger partial charge in [0.1, 0.15) is 6.54 Å². The highest BCUT2D eigenvalue weighted by atomic mass is 35.5. The lowest BCUT2D eigenvalue weighted by atomic mass is 10.0. The van der Waals surface area contributed by atoms with Crippen LogP contribution >= 0.6 is 11.6 Å². The number of carboxylic acids is 1. The predicted molar refractivity (Wildman–Crippen MR) is 138 cm³/mol. The summed E-state index contributed by atoms with van der Waals surface area (Å²) in [6, 6.07) is 14.0. The fourth-order valence-corrected chi connectivity index (χ4v) is 4.38. The number of imidazole rings is 1. The van der Waals surface area contributed by atoms with Crippen molar-refractivity contribution in [3.8, 4) is 0 Å². The first-order valence-electron chi connectivity index (χ1n) is 11.5. The van der Waals surface area contributed by atoms with E-state index in [9.17, 15) is 9.59 Å². The number of carbonyl (C=O) groups excluding carboxylic acids is 1. The molecule has 1 saturated heterocycles. The van der Waals surface area contributed by atoms with Crippen LogP contribution in [0.25, 0.3) is 12.2 Å². The van der Waals surface area contributed by atoms with Crippen LogP contribution in [-0.2, 0) is 11.3 Å². The maximum absolute atomic E-state index is 11.8. The number of aromatic nitrogens is 2. The summed E-state index contributed by atoms with van der Waals surface area (Å²) in [5, 5.41) is 14.5. The number of anilines is 1. The molecular formula is C26H28ClN5O3. The molecule has 9 heteroatoms. The summed E-state index contributed by atoms with van der Waals surface area (Å²) in [4.78, 5) is 28.7. The van der Waals surface area contributed by atoms with Crippen molar-refractivity contribution in [2.24, 2.45) is 0 Å². The first-order valence-corrected chi connectivity index (χ1v) is 11.9. The van der Waals surface area contributed by atoms with E-state index in [4.69, 9.17) is 16.7 Å². The SMILES string of the molecule is O=C(O)CNC(=O)NC1CCN(c2ccc(C=Cc3cc(Cl)cc(Cn4ccnc4)c3)cc2)CC1. The maximum Gasteiger partial charge on any atom is 0.323 e. The Kier molecular flexibility index (Phi) is 8.05. The van der Waals surface area contributed by atoms with Crippen molar-refractivity contribution in [2.45, 2.75) is 25.4 Å². The number of rotatable bonds is 8. The summed E-state index contributed by atoms with van der Waals surface area (Å²) in [6.07, 6.45) is 11.2. The molecule has 4 rings (SSSR count). The van der Waals surface area contributed by atoms with E-state index in [0.29, 0.717) is 5.02 Å². The summed E-state index contributed by atoms with van der Waals surface area (Å²) in [5.41, 5.74) is 4.39. The smallest absolute Gasteiger partial charge is 0.323 e. The number of carbonyl (C=O) groups is 2. The van der Waals surface area contributed by atoms with Crippen molar-refractivity contribution in [3.63, 3.8) is 0 Å². The number of urea groups is 1. The molecular weight excluding hydrogens is 466 g/mol. The molecule has 0 aliphatic carbocycles. The lowest BCUT2D eigenvalue weighted by Crippen LogP contribution is -2.48. The van der Waals surface area contributed by atoms with Gasteiger partial charge in [-0.15, -0.1) is 0 Å². The molecule has 0 saturated carbocycles. The molecule has 0 spiro atoms. The van der Waals surface area contributed by atoms with Crippen LogP contribution in [0.2, 0.25) is 5.02 Å². The third-order valence-electron chi connectivity index (χ3n) is 5.86. The molecule has 0 bridgehead atoms. The number of nitrogens with one attached hydrogen (secondary N) is 2. The molecule has 1 aliphatic heterocycles. The van der Waals surface area contributed by atoms with E-state index in [0.717, 1.165) is 54.9 Å². The zero-order valence-electron chi connectivity index (χ0n) is 19.2. The summed E-state index contributed by atoms with van der Waals surface area (Å²) in [5.74, 6) is -1.06. The van der Waals surface area contributed by atoms with Gasteiger partial charge in [0, 0.05) is 48.8 Å². The fourth-order valence-electron chi connectivity index (χ4n) is 4.12. The van der Waals surface area contributed by atoms with E-state index >= 15 is 0 Å². The monoisotopic (exact) mass is 493 g/mol. The molecule has 1 aromatic heterocycles. The number of hydrogen-bond donors (Lipinski definition) is 3. The molecule has 35 heavy (non-hydrogen) atoms. The molecule has 3 aromatic rings. The molecule has 0 atom stereocenters. The zero-order valence-corrected chi connectivity index (χ0v) is 20.0. The van der Waals surface area contributed by atoms with Crippen molar-refractivity contribution in [1.82, 2.24) is 20.2 Å². The third kappa shape index (κ3) is 7.35. The molecule has 0 radical (unpaired) electrons. The Morgan fingerprint density at radius 1 is 1.09 bits per heavy atom. The number of benzene rings is 2. The minimum absolute atomic E-state index is 0.0404. The van der Waals surface area contributed by atoms with Gasteiger partial charge in [-0.3, -0.25) is 4.79 Å². The van der Waals surface area contributed by atoms with E-state index < -0.39 is 12.0 Å². The molecule has 0 unspecified atom stereocenters. The van der Waals surface area contributed by atoms with Crippen LogP contribution in [0.5, 0.6) is 0 Å². The lowest BCUT2D eigenvalue weighted by Gasteiger charge is -2.34. The Morgan fingerprint density at radius 2 is 1.83 bits per heavy atom. The van der Waals surface area contributed by atoms with Gasteiger partial charge in [0.05, 0.1) is 6.33 Å². The molecule has 182 valence electrons. The average molecular weight is 494 g/mol. The van der Waals surface area contributed by atoms with E-state index in [1.54, 1.807) is 12.5 Å². The second-order valence-corrected chi connectivity index (χ2v) is 8.97. The van der Waals surface area contributed by atoms with Gasteiger partial charge in [-0.25, -0.2) is 9.78 Å². The topological polar surface area (TPSA) is 99.5 Å². The third-order valence-corrected chi connectivity index (χ3v) is 6.08. The minimum Gasteiger partial charge on any atom is -0.480 e. The number of aliphatic carboxylic acids is 1. The molecule has 1 aliphatic rings. The van der Waals surface area contributed by atoms with Gasteiger partial charge >= 0.3 is 12.0 Å². The largest absolute Gasteiger partial charge is 0.480 e. The Balaban J connectivity index is 1.30. The highest BCUT2D eigenvalue weighted by molar-refractivity contribution is 6.30. The Hall–Kier alpha value is -3.78. The summed E-state index contributed by atoms with van der Waals surface area (Å²) in [7, 11) is 0. The van der Waals surface area contributed by atoms with Gasteiger partial charge in [-0.2, -0.15) is 0 Å². The Morgan fingerprint density at radius 3 is 2.51 bits per heavy atom. The van der Waals surface area contributed by atoms with Crippen LogP contribution in [0.1, 0.15) is 29.5 Å². The van der Waals surface area contributed by atoms with E-state index in [-0.39, 0.29) is 12.6 Å². The zero-order chi connectivity index (χ0) is 24.6. The number of halogens is 1. The molecule has 1 fully saturated rings. The van der Waals surface area contributed by atoms with Gasteiger partial charge < -0.3 is 25.2 Å². The Bertz CT molecular complexity index is 1170. The lowest BCUT2D eigenvalue weighted by molar-refractivity contribution is -0.135. The van der Waals surface area contributed by atoms with Crippen molar-refractivity contribution < 1.29 is 14.7 Å². The summed E-state index contributed by atoms with van der Waals surface area (Å²) >= 11 is 6.33. The average Bonchev–Trinajstić information content (AvgIpc) is 3.35. The van der Waals surface area contributed by atoms with Gasteiger partial charge in [-0.05, 0) is 59.9 Å². The van der Waals surface area contributed by atoms with Crippen LogP contribution in [0.15, 0.2) is 61.2 Å². The van der Waals surface area contributed by atoms with Gasteiger partial charge in [0.25, 0.3) is 0 Å². The van der Waals surface area contributed by atoms with Gasteiger partial charge in [-0.1, -0.05) is 35.9 Å². The highest BCUT2D eigenvalue weighted by Crippen LogP contribution is 2.22. The molecule has 2 aromatic carbocycles. The van der Waals surface area contributed by atoms with E-state index in [1.165, 1.54) is 0 Å². The van der Waals surface area contributed by atoms with Crippen LogP contribution in [0.3, 0.4) is 0 Å². The molecule has 2 heterocycles. The van der Waals surface area contributed by atoms with Crippen molar-refractivity contribution >= 4 is 41.4 Å². The molecule has 8 nitrogen and oxygen atoms in total. The van der Waals surface area contributed by atoms with Crippen LogP contribution in [-0.4, -0.2) is 52.3 Å². The van der Waals surface area contributed by atoms with E-state index in [2.05, 4.69) is 63.0 Å². The standard InChI is InChI=1S/C26H28ClN5O3/c27-22-14-20(13-21(15-22)17-31-12-9-28-18-31)2-1-19-3-5-24(6-4-19)32-10-7-23(8-11-32)30-26(35)29-16-25(33)34/h1-6,9,12-15,18,23H,7-8,10-11,16-17H2,(H,33,34)(H2,29,30,35). The number of carboxylic acid groups (broad SMARTS) is 1. The van der Waals surface area contributed by atoms with Gasteiger partial charge in [0.2, 0.25) is 0 Å². The van der Waals surface area contributed by atoms with Crippen LogP contribution in [0.4, 0.5) is 10.5 Å². The normalized spacial score (nSPS) is 14.3. The highest BCUT2D eigenvalue weighted by Gasteiger charge is 2.21. The summed E-state index contributed by atoms with van der Waals surface area (Å²) < 4.78 is 2.00. The van der Waals surface area contributed by atoms with Crippen molar-refractivity contribution in [3.05, 3.63) is 82.9 Å². The number of hydrogen-bond acceptors (Lipinski definition) is 4. The molecule has 3 N–H and O–H groups in total. The number of piperidine rings is 1. The van der Waals surface area contributed by atoms with Crippen LogP contribution in [0, 0.1) is 0 Å². The second kappa shape index (κ2) is 11.6. The van der Waals surface area contributed by atoms with Crippen molar-refractivity contribution in [1.29, 1.82) is 0 Å². The van der Waals surface area contributed by atoms with Crippen LogP contribution < -0.4 is 15.5 Å². The number of amides is 2. The first kappa shape index (κ1) is 24.3. The van der Waals surface area contributed by atoms with E-state index in [1.807, 2.05) is 22.9 Å². The predicted octanol–water partition coefficient (Wildman–Crippen LogP) is 4.11. The fraction of sp³-hybridized carbons (Fsp3) is 0.269. The quantitative estimate of drug-likeness (QED) is 0.410. The summed E-state index contributed by atoms with van der Waals surface area (Å²) in [6.45, 7) is 1.98. The molecule has 2 amide bonds. The first-order chi connectivity index (χ1) is 16.9. The number of nitrogens with zero attached hydrogens (tertiary/aromatic N) is 3. The Labute approximate surface area is 209 Å². The van der Waals surface area contributed by atoms with Gasteiger partial charge in [0.15, 0.2) is 0 Å².